The van der Waals surface area contributed by atoms with E-state index in [-0.39, 0.29) is 10.8 Å². The van der Waals surface area contributed by atoms with Gasteiger partial charge in [-0.25, -0.2) is 13.4 Å². The first-order chi connectivity index (χ1) is 15.4. The number of sulfonamides is 1. The molecule has 2 aromatic heterocycles. The van der Waals surface area contributed by atoms with Gasteiger partial charge in [0.1, 0.15) is 5.69 Å². The van der Waals surface area contributed by atoms with Gasteiger partial charge in [0.05, 0.1) is 10.6 Å². The number of imidazole rings is 1. The molecule has 164 valence electrons. The molecule has 0 bridgehead atoms. The van der Waals surface area contributed by atoms with Gasteiger partial charge in [0.25, 0.3) is 15.9 Å². The van der Waals surface area contributed by atoms with Crippen LogP contribution in [0.1, 0.15) is 23.3 Å². The number of aromatic nitrogens is 2. The standard InChI is InChI=1S/C22H19ClN4O3S2/c23-16-6-4-8-18(12-16)32(29,30)25-17-7-3-5-15(11-17)19-13-27-20(14-31-22(27)24-19)21(28)26-9-1-2-10-26/h3-8,11-14,25H,1-2,9-10H2. The van der Waals surface area contributed by atoms with E-state index < -0.39 is 10.0 Å². The van der Waals surface area contributed by atoms with Crippen LogP contribution in [0, 0.1) is 0 Å². The molecule has 4 aromatic rings. The van der Waals surface area contributed by atoms with E-state index in [1.54, 1.807) is 30.3 Å². The normalized spacial score (nSPS) is 14.2. The molecule has 1 amide bonds. The monoisotopic (exact) mass is 486 g/mol. The number of fused-ring (bicyclic) bond motifs is 1. The van der Waals surface area contributed by atoms with E-state index in [0.29, 0.717) is 27.1 Å². The van der Waals surface area contributed by atoms with Gasteiger partial charge in [-0.2, -0.15) is 0 Å². The molecule has 0 spiro atoms. The lowest BCUT2D eigenvalue weighted by Gasteiger charge is -2.14. The van der Waals surface area contributed by atoms with Gasteiger partial charge >= 0.3 is 0 Å². The Kier molecular flexibility index (Phi) is 5.40. The third-order valence-corrected chi connectivity index (χ3v) is 7.79. The number of likely N-dealkylation sites (tertiary alicyclic amines) is 1. The van der Waals surface area contributed by atoms with Crippen molar-refractivity contribution in [2.75, 3.05) is 17.8 Å². The Hall–Kier alpha value is -2.88. The quantitative estimate of drug-likeness (QED) is 0.441. The number of anilines is 1. The largest absolute Gasteiger partial charge is 0.337 e. The van der Waals surface area contributed by atoms with Gasteiger partial charge in [0.15, 0.2) is 4.96 Å². The minimum atomic E-state index is -3.78. The number of halogens is 1. The predicted molar refractivity (Wildman–Crippen MR) is 126 cm³/mol. The van der Waals surface area contributed by atoms with E-state index in [4.69, 9.17) is 11.6 Å². The summed E-state index contributed by atoms with van der Waals surface area (Å²) in [5.74, 6) is 0.0146. The summed E-state index contributed by atoms with van der Waals surface area (Å²) >= 11 is 7.34. The summed E-state index contributed by atoms with van der Waals surface area (Å²) in [6.45, 7) is 1.57. The molecule has 0 aliphatic carbocycles. The Bertz CT molecular complexity index is 1420. The molecular formula is C22H19ClN4O3S2. The minimum Gasteiger partial charge on any atom is -0.337 e. The number of carbonyl (C=O) groups is 1. The first kappa shape index (κ1) is 21.0. The van der Waals surface area contributed by atoms with Gasteiger partial charge in [0.2, 0.25) is 0 Å². The van der Waals surface area contributed by atoms with Crippen LogP contribution in [0.25, 0.3) is 16.2 Å². The average Bonchev–Trinajstić information content (AvgIpc) is 3.50. The molecule has 1 aliphatic heterocycles. The predicted octanol–water partition coefficient (Wildman–Crippen LogP) is 4.75. The molecule has 32 heavy (non-hydrogen) atoms. The van der Waals surface area contributed by atoms with Crippen LogP contribution in [0.4, 0.5) is 5.69 Å². The van der Waals surface area contributed by atoms with Crippen molar-refractivity contribution in [3.05, 3.63) is 70.8 Å². The van der Waals surface area contributed by atoms with Crippen LogP contribution in [0.5, 0.6) is 0 Å². The summed E-state index contributed by atoms with van der Waals surface area (Å²) in [4.78, 5) is 20.1. The van der Waals surface area contributed by atoms with Crippen molar-refractivity contribution >= 4 is 49.5 Å². The molecule has 7 nitrogen and oxygen atoms in total. The smallest absolute Gasteiger partial charge is 0.271 e. The third kappa shape index (κ3) is 3.99. The Morgan fingerprint density at radius 2 is 1.88 bits per heavy atom. The van der Waals surface area contributed by atoms with Gasteiger partial charge < -0.3 is 4.90 Å². The molecular weight excluding hydrogens is 468 g/mol. The fraction of sp³-hybridized carbons (Fsp3) is 0.182. The number of benzene rings is 2. The van der Waals surface area contributed by atoms with Crippen molar-refractivity contribution in [2.45, 2.75) is 17.7 Å². The van der Waals surface area contributed by atoms with Crippen LogP contribution < -0.4 is 4.72 Å². The maximum atomic E-state index is 12.8. The Morgan fingerprint density at radius 1 is 1.09 bits per heavy atom. The van der Waals surface area contributed by atoms with Crippen molar-refractivity contribution in [3.63, 3.8) is 0 Å². The van der Waals surface area contributed by atoms with Crippen LogP contribution in [0.2, 0.25) is 5.02 Å². The second kappa shape index (κ2) is 8.23. The molecule has 0 radical (unpaired) electrons. The molecule has 3 heterocycles. The van der Waals surface area contributed by atoms with Gasteiger partial charge in [-0.3, -0.25) is 13.9 Å². The highest BCUT2D eigenvalue weighted by molar-refractivity contribution is 7.92. The van der Waals surface area contributed by atoms with Gasteiger partial charge in [0, 0.05) is 40.9 Å². The minimum absolute atomic E-state index is 0.0146. The average molecular weight is 487 g/mol. The third-order valence-electron chi connectivity index (χ3n) is 5.34. The number of hydrogen-bond acceptors (Lipinski definition) is 5. The second-order valence-electron chi connectivity index (χ2n) is 7.54. The molecule has 2 aromatic carbocycles. The van der Waals surface area contributed by atoms with Crippen molar-refractivity contribution in [1.82, 2.24) is 14.3 Å². The summed E-state index contributed by atoms with van der Waals surface area (Å²) in [6.07, 6.45) is 3.89. The number of hydrogen-bond donors (Lipinski definition) is 1. The van der Waals surface area contributed by atoms with Gasteiger partial charge in [-0.15, -0.1) is 11.3 Å². The lowest BCUT2D eigenvalue weighted by atomic mass is 10.1. The summed E-state index contributed by atoms with van der Waals surface area (Å²) in [6, 6.07) is 13.1. The first-order valence-electron chi connectivity index (χ1n) is 10.1. The topological polar surface area (TPSA) is 83.8 Å². The molecule has 1 aliphatic rings. The van der Waals surface area contributed by atoms with Gasteiger partial charge in [-0.1, -0.05) is 29.8 Å². The van der Waals surface area contributed by atoms with E-state index in [9.17, 15) is 13.2 Å². The second-order valence-corrected chi connectivity index (χ2v) is 10.5. The number of amides is 1. The van der Waals surface area contributed by atoms with Gasteiger partial charge in [-0.05, 0) is 43.2 Å². The zero-order chi connectivity index (χ0) is 22.3. The Balaban J connectivity index is 1.44. The molecule has 10 heteroatoms. The lowest BCUT2D eigenvalue weighted by Crippen LogP contribution is -2.28. The molecule has 1 saturated heterocycles. The number of rotatable bonds is 5. The lowest BCUT2D eigenvalue weighted by molar-refractivity contribution is 0.0786. The molecule has 0 saturated carbocycles. The highest BCUT2D eigenvalue weighted by Gasteiger charge is 2.23. The molecule has 0 atom stereocenters. The van der Waals surface area contributed by atoms with E-state index in [1.165, 1.54) is 23.5 Å². The fourth-order valence-corrected chi connectivity index (χ4v) is 5.95. The summed E-state index contributed by atoms with van der Waals surface area (Å²) in [5, 5.41) is 2.18. The van der Waals surface area contributed by atoms with Crippen molar-refractivity contribution in [2.24, 2.45) is 0 Å². The van der Waals surface area contributed by atoms with Crippen LogP contribution in [-0.4, -0.2) is 41.7 Å². The van der Waals surface area contributed by atoms with E-state index in [1.807, 2.05) is 26.9 Å². The summed E-state index contributed by atoms with van der Waals surface area (Å²) in [5.41, 5.74) is 2.42. The van der Waals surface area contributed by atoms with E-state index in [0.717, 1.165) is 31.5 Å². The molecule has 1 N–H and O–H groups in total. The fourth-order valence-electron chi connectivity index (χ4n) is 3.75. The van der Waals surface area contributed by atoms with Crippen LogP contribution in [-0.2, 0) is 10.0 Å². The van der Waals surface area contributed by atoms with E-state index in [2.05, 4.69) is 9.71 Å². The maximum Gasteiger partial charge on any atom is 0.271 e. The number of carbonyl (C=O) groups excluding carboxylic acids is 1. The van der Waals surface area contributed by atoms with Crippen LogP contribution in [0.15, 0.2) is 65.0 Å². The van der Waals surface area contributed by atoms with Crippen molar-refractivity contribution in [1.29, 1.82) is 0 Å². The SMILES string of the molecule is O=C(c1csc2nc(-c3cccc(NS(=O)(=O)c4cccc(Cl)c4)c3)cn12)N1CCCC1. The Morgan fingerprint density at radius 3 is 2.66 bits per heavy atom. The number of thiazole rings is 1. The zero-order valence-corrected chi connectivity index (χ0v) is 19.3. The van der Waals surface area contributed by atoms with Crippen LogP contribution >= 0.6 is 22.9 Å². The Labute approximate surface area is 194 Å². The highest BCUT2D eigenvalue weighted by Crippen LogP contribution is 2.28. The first-order valence-corrected chi connectivity index (χ1v) is 12.8. The van der Waals surface area contributed by atoms with E-state index >= 15 is 0 Å². The summed E-state index contributed by atoms with van der Waals surface area (Å²) < 4.78 is 29.8. The molecule has 1 fully saturated rings. The summed E-state index contributed by atoms with van der Waals surface area (Å²) in [7, 11) is -3.78. The molecule has 0 unspecified atom stereocenters. The number of nitrogens with zero attached hydrogens (tertiary/aromatic N) is 3. The highest BCUT2D eigenvalue weighted by atomic mass is 35.5. The number of nitrogens with one attached hydrogen (secondary N) is 1. The molecule has 5 rings (SSSR count). The van der Waals surface area contributed by atoms with Crippen LogP contribution in [0.3, 0.4) is 0 Å². The van der Waals surface area contributed by atoms with Crippen molar-refractivity contribution < 1.29 is 13.2 Å². The zero-order valence-electron chi connectivity index (χ0n) is 16.9. The maximum absolute atomic E-state index is 12.8. The van der Waals surface area contributed by atoms with Crippen molar-refractivity contribution in [3.8, 4) is 11.3 Å².